The van der Waals surface area contributed by atoms with Gasteiger partial charge in [0.25, 0.3) is 0 Å². The molecule has 2 aliphatic rings. The Balaban J connectivity index is 1.14. The summed E-state index contributed by atoms with van der Waals surface area (Å²) < 4.78 is 2.61. The van der Waals surface area contributed by atoms with Gasteiger partial charge in [-0.15, -0.1) is 11.3 Å². The van der Waals surface area contributed by atoms with Crippen molar-refractivity contribution in [3.63, 3.8) is 0 Å². The van der Waals surface area contributed by atoms with Crippen molar-refractivity contribution in [3.05, 3.63) is 235 Å². The molecule has 9 aromatic carbocycles. The van der Waals surface area contributed by atoms with Gasteiger partial charge in [-0.3, -0.25) is 0 Å². The highest BCUT2D eigenvalue weighted by Gasteiger charge is 2.52. The number of thiophene rings is 1. The van der Waals surface area contributed by atoms with Crippen molar-refractivity contribution in [2.75, 3.05) is 4.90 Å². The molecule has 1 heterocycles. The van der Waals surface area contributed by atoms with Crippen LogP contribution in [0.3, 0.4) is 0 Å². The zero-order valence-corrected chi connectivity index (χ0v) is 31.9. The molecular weight excluding hydrogens is 707 g/mol. The van der Waals surface area contributed by atoms with Crippen molar-refractivity contribution in [2.45, 2.75) is 5.41 Å². The van der Waals surface area contributed by atoms with Gasteiger partial charge in [-0.2, -0.15) is 0 Å². The van der Waals surface area contributed by atoms with E-state index in [-0.39, 0.29) is 0 Å². The summed E-state index contributed by atoms with van der Waals surface area (Å²) in [4.78, 5) is 2.46. The van der Waals surface area contributed by atoms with Crippen LogP contribution in [0.2, 0.25) is 0 Å². The molecule has 0 radical (unpaired) electrons. The van der Waals surface area contributed by atoms with Crippen molar-refractivity contribution in [2.24, 2.45) is 0 Å². The predicted molar refractivity (Wildman–Crippen MR) is 241 cm³/mol. The number of hydrogen-bond donors (Lipinski definition) is 0. The third-order valence-electron chi connectivity index (χ3n) is 12.3. The van der Waals surface area contributed by atoms with E-state index in [1.807, 2.05) is 11.3 Å². The van der Waals surface area contributed by atoms with Gasteiger partial charge in [0.2, 0.25) is 0 Å². The zero-order valence-electron chi connectivity index (χ0n) is 31.1. The quantitative estimate of drug-likeness (QED) is 0.170. The Hall–Kier alpha value is -7.00. The Morgan fingerprint density at radius 1 is 0.316 bits per heavy atom. The Kier molecular flexibility index (Phi) is 7.08. The van der Waals surface area contributed by atoms with E-state index in [9.17, 15) is 0 Å². The number of fused-ring (bicyclic) bond motifs is 13. The fraction of sp³-hybridized carbons (Fsp3) is 0.0182. The molecule has 0 unspecified atom stereocenters. The first-order chi connectivity index (χ1) is 28.3. The molecule has 1 spiro atoms. The van der Waals surface area contributed by atoms with Crippen LogP contribution < -0.4 is 4.90 Å². The van der Waals surface area contributed by atoms with Crippen LogP contribution in [0, 0.1) is 0 Å². The van der Waals surface area contributed by atoms with Crippen molar-refractivity contribution in [1.29, 1.82) is 0 Å². The maximum Gasteiger partial charge on any atom is 0.0726 e. The number of benzene rings is 9. The molecule has 57 heavy (non-hydrogen) atoms. The first-order valence-electron chi connectivity index (χ1n) is 19.7. The second kappa shape index (κ2) is 12.5. The van der Waals surface area contributed by atoms with E-state index < -0.39 is 5.41 Å². The average molecular weight is 742 g/mol. The van der Waals surface area contributed by atoms with Crippen LogP contribution in [-0.2, 0) is 5.41 Å². The third-order valence-corrected chi connectivity index (χ3v) is 13.4. The SMILES string of the molecule is c1ccc(-c2ccc(N(c3ccc4c(c3)C3(c5ccccc5-c5ccccc53)c3cccc(-c5ccccc5)c3-4)c3ccc4sc5ccccc5c4c3)cc2)cc1. The largest absolute Gasteiger partial charge is 0.310 e. The van der Waals surface area contributed by atoms with E-state index in [2.05, 4.69) is 217 Å². The summed E-state index contributed by atoms with van der Waals surface area (Å²) in [5.41, 5.74) is 18.4. The van der Waals surface area contributed by atoms with Crippen LogP contribution in [0.4, 0.5) is 17.1 Å². The van der Waals surface area contributed by atoms with Crippen LogP contribution in [0.15, 0.2) is 212 Å². The van der Waals surface area contributed by atoms with Crippen LogP contribution in [0.5, 0.6) is 0 Å². The molecule has 0 fully saturated rings. The summed E-state index contributed by atoms with van der Waals surface area (Å²) in [6, 6.07) is 78.8. The summed E-state index contributed by atoms with van der Waals surface area (Å²) >= 11 is 1.86. The van der Waals surface area contributed by atoms with Crippen LogP contribution in [0.25, 0.3) is 64.7 Å². The number of hydrogen-bond acceptors (Lipinski definition) is 2. The summed E-state index contributed by atoms with van der Waals surface area (Å²) in [5.74, 6) is 0. The highest BCUT2D eigenvalue weighted by Crippen LogP contribution is 2.64. The standard InChI is InChI=1S/C55H35NS/c1-3-14-36(15-4-1)37-26-28-39(29-27-37)56(40-31-33-53-47(34-40)45-20-9-12-25-52(45)57-53)41-30-32-46-51(35-41)55(48-22-10-7-18-43(48)44-19-8-11-23-49(44)55)50-24-13-21-42(54(46)50)38-16-5-2-6-17-38/h1-35H. The Morgan fingerprint density at radius 2 is 0.860 bits per heavy atom. The molecule has 0 bridgehead atoms. The molecule has 2 aliphatic carbocycles. The molecule has 0 aliphatic heterocycles. The van der Waals surface area contributed by atoms with E-state index in [4.69, 9.17) is 0 Å². The molecule has 0 amide bonds. The van der Waals surface area contributed by atoms with E-state index in [1.54, 1.807) is 0 Å². The van der Waals surface area contributed by atoms with Gasteiger partial charge >= 0.3 is 0 Å². The van der Waals surface area contributed by atoms with Crippen LogP contribution in [-0.4, -0.2) is 0 Å². The molecule has 1 aromatic heterocycles. The Bertz CT molecular complexity index is 3130. The van der Waals surface area contributed by atoms with E-state index >= 15 is 0 Å². The summed E-state index contributed by atoms with van der Waals surface area (Å²) in [6.07, 6.45) is 0. The fourth-order valence-electron chi connectivity index (χ4n) is 9.91. The van der Waals surface area contributed by atoms with E-state index in [0.29, 0.717) is 0 Å². The number of anilines is 3. The molecule has 1 nitrogen and oxygen atoms in total. The van der Waals surface area contributed by atoms with Crippen molar-refractivity contribution in [1.82, 2.24) is 0 Å². The van der Waals surface area contributed by atoms with Gasteiger partial charge in [-0.1, -0.05) is 164 Å². The van der Waals surface area contributed by atoms with Gasteiger partial charge in [-0.05, 0) is 115 Å². The highest BCUT2D eigenvalue weighted by molar-refractivity contribution is 7.25. The summed E-state index contributed by atoms with van der Waals surface area (Å²) in [6.45, 7) is 0. The topological polar surface area (TPSA) is 3.24 Å². The lowest BCUT2D eigenvalue weighted by Gasteiger charge is -2.32. The molecule has 0 N–H and O–H groups in total. The second-order valence-electron chi connectivity index (χ2n) is 15.2. The van der Waals surface area contributed by atoms with E-state index in [1.165, 1.54) is 86.9 Å². The second-order valence-corrected chi connectivity index (χ2v) is 16.3. The highest BCUT2D eigenvalue weighted by atomic mass is 32.1. The molecular formula is C55H35NS. The Labute approximate surface area is 336 Å². The minimum absolute atomic E-state index is 0.477. The van der Waals surface area contributed by atoms with Crippen LogP contribution in [0.1, 0.15) is 22.3 Å². The van der Waals surface area contributed by atoms with Crippen molar-refractivity contribution in [3.8, 4) is 44.5 Å². The summed E-state index contributed by atoms with van der Waals surface area (Å²) in [7, 11) is 0. The lowest BCUT2D eigenvalue weighted by Crippen LogP contribution is -2.26. The third kappa shape index (κ3) is 4.68. The van der Waals surface area contributed by atoms with Gasteiger partial charge in [0.15, 0.2) is 0 Å². The number of rotatable bonds is 5. The number of nitrogens with zero attached hydrogens (tertiary/aromatic N) is 1. The Morgan fingerprint density at radius 3 is 1.61 bits per heavy atom. The maximum absolute atomic E-state index is 2.50. The summed E-state index contributed by atoms with van der Waals surface area (Å²) in [5, 5.41) is 2.59. The molecule has 10 aromatic rings. The molecule has 0 atom stereocenters. The first kappa shape index (κ1) is 32.3. The molecule has 266 valence electrons. The van der Waals surface area contributed by atoms with Crippen LogP contribution >= 0.6 is 11.3 Å². The average Bonchev–Trinajstić information content (AvgIpc) is 3.91. The first-order valence-corrected chi connectivity index (χ1v) is 20.5. The molecule has 0 saturated heterocycles. The van der Waals surface area contributed by atoms with E-state index in [0.717, 1.165) is 17.1 Å². The molecule has 12 rings (SSSR count). The minimum Gasteiger partial charge on any atom is -0.310 e. The minimum atomic E-state index is -0.477. The zero-order chi connectivity index (χ0) is 37.5. The lowest BCUT2D eigenvalue weighted by atomic mass is 9.70. The van der Waals surface area contributed by atoms with Gasteiger partial charge in [0, 0.05) is 37.2 Å². The normalized spacial score (nSPS) is 13.1. The van der Waals surface area contributed by atoms with Gasteiger partial charge in [-0.25, -0.2) is 0 Å². The maximum atomic E-state index is 2.50. The van der Waals surface area contributed by atoms with Gasteiger partial charge < -0.3 is 4.90 Å². The lowest BCUT2D eigenvalue weighted by molar-refractivity contribution is 0.794. The smallest absolute Gasteiger partial charge is 0.0726 e. The van der Waals surface area contributed by atoms with Gasteiger partial charge in [0.05, 0.1) is 5.41 Å². The molecule has 2 heteroatoms. The fourth-order valence-corrected chi connectivity index (χ4v) is 11.0. The predicted octanol–water partition coefficient (Wildman–Crippen LogP) is 15.2. The van der Waals surface area contributed by atoms with Gasteiger partial charge in [0.1, 0.15) is 0 Å². The molecule has 0 saturated carbocycles. The monoisotopic (exact) mass is 741 g/mol. The van der Waals surface area contributed by atoms with Crippen molar-refractivity contribution < 1.29 is 0 Å². The van der Waals surface area contributed by atoms with Crippen molar-refractivity contribution >= 4 is 48.6 Å².